The highest BCUT2D eigenvalue weighted by molar-refractivity contribution is 5.88. The highest BCUT2D eigenvalue weighted by atomic mass is 15.1. The molecule has 1 spiro atoms. The number of nitrogens with zero attached hydrogens (tertiary/aromatic N) is 2. The van der Waals surface area contributed by atoms with Gasteiger partial charge in [-0.3, -0.25) is 0 Å². The lowest BCUT2D eigenvalue weighted by Crippen LogP contribution is -2.28. The molecule has 0 bridgehead atoms. The van der Waals surface area contributed by atoms with E-state index in [1.807, 2.05) is 0 Å². The topological polar surface area (TPSA) is 6.48 Å². The maximum atomic E-state index is 2.47. The van der Waals surface area contributed by atoms with Crippen LogP contribution >= 0.6 is 0 Å². The van der Waals surface area contributed by atoms with E-state index in [1.54, 1.807) is 0 Å². The van der Waals surface area contributed by atoms with Crippen molar-refractivity contribution in [2.24, 2.45) is 0 Å². The maximum absolute atomic E-state index is 2.47. The van der Waals surface area contributed by atoms with Crippen molar-refractivity contribution in [2.45, 2.75) is 37.5 Å². The molecule has 0 heterocycles. The molecule has 354 valence electrons. The van der Waals surface area contributed by atoms with Crippen molar-refractivity contribution in [1.29, 1.82) is 0 Å². The quantitative estimate of drug-likeness (QED) is 0.127. The summed E-state index contributed by atoms with van der Waals surface area (Å²) in [6.07, 6.45) is 6.34. The van der Waals surface area contributed by atoms with E-state index in [0.29, 0.717) is 0 Å². The van der Waals surface area contributed by atoms with Crippen LogP contribution in [0.3, 0.4) is 0 Å². The molecular weight excluding hydrogens is 893 g/mol. The lowest BCUT2D eigenvalue weighted by Gasteiger charge is -2.36. The molecule has 0 aliphatic heterocycles. The van der Waals surface area contributed by atoms with Gasteiger partial charge in [0.15, 0.2) is 0 Å². The molecule has 0 N–H and O–H groups in total. The molecule has 0 radical (unpaired) electrons. The van der Waals surface area contributed by atoms with Crippen molar-refractivity contribution >= 4 is 34.1 Å². The van der Waals surface area contributed by atoms with E-state index in [1.165, 1.54) is 116 Å². The van der Waals surface area contributed by atoms with Crippen LogP contribution in [-0.4, -0.2) is 0 Å². The van der Waals surface area contributed by atoms with Crippen molar-refractivity contribution in [3.05, 3.63) is 290 Å². The van der Waals surface area contributed by atoms with E-state index in [2.05, 4.69) is 289 Å². The molecule has 2 heteroatoms. The predicted molar refractivity (Wildman–Crippen MR) is 312 cm³/mol. The molecule has 13 rings (SSSR count). The lowest BCUT2D eigenvalue weighted by molar-refractivity contribution is 0.353. The molecule has 74 heavy (non-hydrogen) atoms. The summed E-state index contributed by atoms with van der Waals surface area (Å²) in [5.41, 5.74) is 24.6. The monoisotopic (exact) mass is 948 g/mol. The van der Waals surface area contributed by atoms with E-state index in [9.17, 15) is 0 Å². The minimum Gasteiger partial charge on any atom is -0.311 e. The van der Waals surface area contributed by atoms with Crippen LogP contribution in [0.1, 0.15) is 43.2 Å². The fourth-order valence-corrected chi connectivity index (χ4v) is 12.0. The van der Waals surface area contributed by atoms with Gasteiger partial charge in [-0.25, -0.2) is 0 Å². The van der Waals surface area contributed by atoms with Gasteiger partial charge in [0.1, 0.15) is 0 Å². The molecule has 0 aromatic heterocycles. The lowest BCUT2D eigenvalue weighted by atomic mass is 9.68. The molecule has 0 atom stereocenters. The van der Waals surface area contributed by atoms with Gasteiger partial charge in [-0.2, -0.15) is 0 Å². The van der Waals surface area contributed by atoms with Crippen molar-refractivity contribution < 1.29 is 0 Å². The molecule has 1 fully saturated rings. The van der Waals surface area contributed by atoms with E-state index >= 15 is 0 Å². The van der Waals surface area contributed by atoms with Crippen LogP contribution in [0, 0.1) is 0 Å². The highest BCUT2D eigenvalue weighted by Gasteiger charge is 2.43. The summed E-state index contributed by atoms with van der Waals surface area (Å²) >= 11 is 0. The van der Waals surface area contributed by atoms with E-state index < -0.39 is 0 Å². The molecule has 0 amide bonds. The van der Waals surface area contributed by atoms with Gasteiger partial charge < -0.3 is 9.80 Å². The number of fused-ring (bicyclic) bond motifs is 5. The van der Waals surface area contributed by atoms with E-state index in [4.69, 9.17) is 0 Å². The summed E-state index contributed by atoms with van der Waals surface area (Å²) in [6, 6.07) is 102. The van der Waals surface area contributed by atoms with Gasteiger partial charge in [-0.05, 0) is 170 Å². The predicted octanol–water partition coefficient (Wildman–Crippen LogP) is 20.2. The fourth-order valence-electron chi connectivity index (χ4n) is 12.0. The summed E-state index contributed by atoms with van der Waals surface area (Å²) in [4.78, 5) is 4.79. The Kier molecular flexibility index (Phi) is 11.9. The third kappa shape index (κ3) is 8.49. The molecule has 2 aliphatic rings. The summed E-state index contributed by atoms with van der Waals surface area (Å²) in [7, 11) is 0. The van der Waals surface area contributed by atoms with Crippen molar-refractivity contribution in [3.8, 4) is 66.8 Å². The SMILES string of the molecule is c1ccc(-c2ccc(N(c3ccc(-c4ccc(N(c5ccc(-c6ccccc6)cc5)c5ccc6c(c5)-c5ccccc5C65CCCCC5)cc4)cc3)c3ccc(-c4cccc(-c5ccccc5)c4)cc3)cc2)cc1. The van der Waals surface area contributed by atoms with Crippen LogP contribution in [0.2, 0.25) is 0 Å². The first-order valence-electron chi connectivity index (χ1n) is 26.3. The Hall–Kier alpha value is -8.98. The summed E-state index contributed by atoms with van der Waals surface area (Å²) < 4.78 is 0. The van der Waals surface area contributed by atoms with Crippen LogP contribution < -0.4 is 9.80 Å². The third-order valence-corrected chi connectivity index (χ3v) is 15.7. The first kappa shape index (κ1) is 44.9. The smallest absolute Gasteiger partial charge is 0.0468 e. The van der Waals surface area contributed by atoms with E-state index in [-0.39, 0.29) is 5.41 Å². The number of rotatable bonds is 11. The minimum absolute atomic E-state index is 0.118. The minimum atomic E-state index is 0.118. The summed E-state index contributed by atoms with van der Waals surface area (Å²) in [5.74, 6) is 0. The maximum Gasteiger partial charge on any atom is 0.0468 e. The van der Waals surface area contributed by atoms with Gasteiger partial charge in [-0.1, -0.05) is 219 Å². The van der Waals surface area contributed by atoms with Crippen molar-refractivity contribution in [2.75, 3.05) is 9.80 Å². The zero-order chi connectivity index (χ0) is 49.3. The molecule has 2 nitrogen and oxygen atoms in total. The molecule has 0 saturated heterocycles. The van der Waals surface area contributed by atoms with Gasteiger partial charge in [0, 0.05) is 39.5 Å². The Morgan fingerprint density at radius 2 is 0.527 bits per heavy atom. The van der Waals surface area contributed by atoms with Crippen LogP contribution in [0.5, 0.6) is 0 Å². The van der Waals surface area contributed by atoms with Crippen LogP contribution in [0.15, 0.2) is 279 Å². The number of benzene rings is 11. The molecule has 0 unspecified atom stereocenters. The fraction of sp³-hybridized carbons (Fsp3) is 0.0833. The van der Waals surface area contributed by atoms with Crippen LogP contribution in [0.4, 0.5) is 34.1 Å². The molecule has 1 saturated carbocycles. The van der Waals surface area contributed by atoms with Crippen LogP contribution in [0.25, 0.3) is 66.8 Å². The van der Waals surface area contributed by atoms with Gasteiger partial charge in [0.05, 0.1) is 0 Å². The van der Waals surface area contributed by atoms with Gasteiger partial charge in [0.2, 0.25) is 0 Å². The largest absolute Gasteiger partial charge is 0.311 e. The average molecular weight is 949 g/mol. The first-order valence-corrected chi connectivity index (χ1v) is 26.3. The number of hydrogen-bond acceptors (Lipinski definition) is 2. The zero-order valence-corrected chi connectivity index (χ0v) is 41.5. The number of hydrogen-bond donors (Lipinski definition) is 0. The first-order chi connectivity index (χ1) is 36.6. The Bertz CT molecular complexity index is 3690. The Labute approximate surface area is 436 Å². The van der Waals surface area contributed by atoms with Gasteiger partial charge in [0.25, 0.3) is 0 Å². The average Bonchev–Trinajstić information content (AvgIpc) is 3.75. The molecule has 11 aromatic rings. The normalized spacial score (nSPS) is 13.2. The van der Waals surface area contributed by atoms with Gasteiger partial charge >= 0.3 is 0 Å². The Morgan fingerprint density at radius 3 is 0.959 bits per heavy atom. The Balaban J connectivity index is 0.834. The second-order valence-electron chi connectivity index (χ2n) is 20.0. The number of anilines is 6. The molecule has 11 aromatic carbocycles. The Morgan fingerprint density at radius 1 is 0.216 bits per heavy atom. The van der Waals surface area contributed by atoms with E-state index in [0.717, 1.165) is 28.4 Å². The molecule has 2 aliphatic carbocycles. The summed E-state index contributed by atoms with van der Waals surface area (Å²) in [6.45, 7) is 0. The third-order valence-electron chi connectivity index (χ3n) is 15.7. The van der Waals surface area contributed by atoms with Crippen molar-refractivity contribution in [1.82, 2.24) is 0 Å². The van der Waals surface area contributed by atoms with Gasteiger partial charge in [-0.15, -0.1) is 0 Å². The standard InChI is InChI=1S/C72H56N2/c1-5-16-52(17-6-1)55-26-36-62(37-27-55)73(64-44-34-59(35-45-64)61-23-15-22-60(50-61)54-20-9-3-10-21-54)63-38-30-57(31-39-63)58-32-42-66(43-33-58)74(65-40-28-56(29-41-65)53-18-7-2-8-19-53)67-46-47-71-69(51-67)68-24-11-12-25-70(68)72(71)48-13-4-14-49-72/h1-3,5-12,15-47,50-51H,4,13-14,48-49H2. The second kappa shape index (κ2) is 19.6. The van der Waals surface area contributed by atoms with Crippen LogP contribution in [-0.2, 0) is 5.41 Å². The second-order valence-corrected chi connectivity index (χ2v) is 20.0. The summed E-state index contributed by atoms with van der Waals surface area (Å²) in [5, 5.41) is 0. The molecular formula is C72H56N2. The van der Waals surface area contributed by atoms with Crippen molar-refractivity contribution in [3.63, 3.8) is 0 Å². The zero-order valence-electron chi connectivity index (χ0n) is 41.5. The highest BCUT2D eigenvalue weighted by Crippen LogP contribution is 2.57.